The van der Waals surface area contributed by atoms with Crippen molar-refractivity contribution in [3.05, 3.63) is 0 Å². The lowest BCUT2D eigenvalue weighted by molar-refractivity contribution is -0.128. The van der Waals surface area contributed by atoms with Gasteiger partial charge in [-0.3, -0.25) is 9.59 Å². The molecule has 1 heterocycles. The van der Waals surface area contributed by atoms with E-state index in [2.05, 4.69) is 13.8 Å². The fourth-order valence-electron chi connectivity index (χ4n) is 5.92. The van der Waals surface area contributed by atoms with Crippen molar-refractivity contribution in [3.8, 4) is 0 Å². The maximum absolute atomic E-state index is 13.3. The summed E-state index contributed by atoms with van der Waals surface area (Å²) in [5.74, 6) is 1.72. The molecule has 3 atom stereocenters. The Balaban J connectivity index is 1.88. The first-order valence-corrected chi connectivity index (χ1v) is 14.2. The number of rotatable bonds is 7. The highest BCUT2D eigenvalue weighted by molar-refractivity contribution is 8.33. The Kier molecular flexibility index (Phi) is 5.64. The molecule has 2 aliphatic carbocycles. The third kappa shape index (κ3) is 3.83. The van der Waals surface area contributed by atoms with E-state index in [1.54, 1.807) is 0 Å². The molecule has 0 amide bonds. The number of hydrogen-bond donors (Lipinski definition) is 0. The van der Waals surface area contributed by atoms with E-state index in [0.717, 1.165) is 19.3 Å². The third-order valence-corrected chi connectivity index (χ3v) is 13.7. The van der Waals surface area contributed by atoms with E-state index < -0.39 is 25.8 Å². The summed E-state index contributed by atoms with van der Waals surface area (Å²) in [6, 6.07) is 0. The van der Waals surface area contributed by atoms with E-state index in [1.807, 2.05) is 20.8 Å². The first-order valence-electron chi connectivity index (χ1n) is 10.5. The molecule has 2 bridgehead atoms. The molecule has 3 aliphatic rings. The quantitative estimate of drug-likeness (QED) is 0.601. The van der Waals surface area contributed by atoms with Crippen LogP contribution in [-0.4, -0.2) is 43.0 Å². The predicted molar refractivity (Wildman–Crippen MR) is 114 cm³/mol. The van der Waals surface area contributed by atoms with Gasteiger partial charge in [0, 0.05) is 24.3 Å². The van der Waals surface area contributed by atoms with Crippen LogP contribution in [0.3, 0.4) is 0 Å². The summed E-state index contributed by atoms with van der Waals surface area (Å²) >= 11 is 0. The summed E-state index contributed by atoms with van der Waals surface area (Å²) < 4.78 is 32.6. The predicted octanol–water partition coefficient (Wildman–Crippen LogP) is 4.25. The van der Waals surface area contributed by atoms with Crippen molar-refractivity contribution in [2.75, 3.05) is 23.0 Å². The molecule has 3 rings (SSSR count). The van der Waals surface area contributed by atoms with Crippen LogP contribution in [0.2, 0.25) is 0 Å². The maximum Gasteiger partial charge on any atom is 0.277 e. The minimum Gasteiger partial charge on any atom is -0.299 e. The highest BCUT2D eigenvalue weighted by atomic mass is 32.3. The number of Topliss-reactive ketones (excluding diaryl/α,β-unsaturated/α-hetero) is 2. The Labute approximate surface area is 172 Å². The van der Waals surface area contributed by atoms with Gasteiger partial charge in [0.1, 0.15) is 11.6 Å². The highest BCUT2D eigenvalue weighted by Crippen LogP contribution is 2.65. The first-order chi connectivity index (χ1) is 12.8. The molecule has 0 aromatic rings. The number of fused-ring (bicyclic) bond motifs is 2. The van der Waals surface area contributed by atoms with Crippen LogP contribution < -0.4 is 0 Å². The fraction of sp³-hybridized carbons (Fsp3) is 0.905. The molecular formula is C21H36O5S2. The van der Waals surface area contributed by atoms with Crippen LogP contribution in [0.4, 0.5) is 0 Å². The molecule has 28 heavy (non-hydrogen) atoms. The van der Waals surface area contributed by atoms with E-state index in [-0.39, 0.29) is 39.8 Å². The van der Waals surface area contributed by atoms with Crippen LogP contribution in [0, 0.1) is 22.2 Å². The lowest BCUT2D eigenvalue weighted by Crippen LogP contribution is -2.44. The summed E-state index contributed by atoms with van der Waals surface area (Å²) in [4.78, 5) is 25.1. The summed E-state index contributed by atoms with van der Waals surface area (Å²) in [6.45, 7) is 10.2. The second-order valence-corrected chi connectivity index (χ2v) is 15.4. The first kappa shape index (κ1) is 22.3. The number of carbonyl (C=O) groups excluding carboxylic acids is 2. The van der Waals surface area contributed by atoms with Gasteiger partial charge >= 0.3 is 0 Å². The largest absolute Gasteiger partial charge is 0.299 e. The van der Waals surface area contributed by atoms with Gasteiger partial charge < -0.3 is 0 Å². The van der Waals surface area contributed by atoms with Gasteiger partial charge in [0.25, 0.3) is 10.1 Å². The van der Waals surface area contributed by atoms with Crippen molar-refractivity contribution in [2.45, 2.75) is 73.1 Å². The molecule has 0 radical (unpaired) electrons. The normalized spacial score (nSPS) is 38.9. The molecule has 3 unspecified atom stereocenters. The van der Waals surface area contributed by atoms with Crippen LogP contribution in [0.25, 0.3) is 0 Å². The zero-order valence-corrected chi connectivity index (χ0v) is 19.6. The van der Waals surface area contributed by atoms with Gasteiger partial charge in [-0.15, -0.1) is 10.3 Å². The van der Waals surface area contributed by atoms with E-state index in [0.29, 0.717) is 30.8 Å². The lowest BCUT2D eigenvalue weighted by Gasteiger charge is -2.48. The molecule has 0 aromatic carbocycles. The maximum atomic E-state index is 13.3. The van der Waals surface area contributed by atoms with Crippen molar-refractivity contribution >= 4 is 32.0 Å². The topological polar surface area (TPSA) is 77.5 Å². The van der Waals surface area contributed by atoms with Crippen LogP contribution in [0.15, 0.2) is 0 Å². The minimum atomic E-state index is -3.91. The molecule has 0 spiro atoms. The van der Waals surface area contributed by atoms with Gasteiger partial charge in [-0.05, 0) is 42.4 Å². The molecule has 3 fully saturated rings. The Bertz CT molecular complexity index is 770. The Morgan fingerprint density at radius 1 is 1.21 bits per heavy atom. The molecular weight excluding hydrogens is 396 g/mol. The van der Waals surface area contributed by atoms with E-state index in [1.165, 1.54) is 0 Å². The van der Waals surface area contributed by atoms with E-state index >= 15 is 0 Å². The number of ketones is 2. The van der Waals surface area contributed by atoms with Crippen molar-refractivity contribution < 1.29 is 21.6 Å². The zero-order chi connectivity index (χ0) is 21.0. The molecule has 5 nitrogen and oxygen atoms in total. The minimum absolute atomic E-state index is 0.0314. The Hall–Kier alpha value is -0.400. The van der Waals surface area contributed by atoms with Crippen molar-refractivity contribution in [3.63, 3.8) is 0 Å². The standard InChI is InChI=1S/C21H36O5S2/c1-6-17(22)13-27(11-7-9-19(2,3)14-27)26-28(24,25)15-21-10-8-16(12-18(21)23)20(21,4)5/h16H,6-15H2,1-5H3. The van der Waals surface area contributed by atoms with Crippen molar-refractivity contribution in [2.24, 2.45) is 22.2 Å². The van der Waals surface area contributed by atoms with Crippen molar-refractivity contribution in [1.82, 2.24) is 0 Å². The molecule has 1 saturated heterocycles. The van der Waals surface area contributed by atoms with Crippen LogP contribution in [-0.2, 0) is 23.3 Å². The van der Waals surface area contributed by atoms with E-state index in [9.17, 15) is 18.0 Å². The summed E-state index contributed by atoms with van der Waals surface area (Å²) in [5, 5.41) is 0. The van der Waals surface area contributed by atoms with Gasteiger partial charge in [-0.1, -0.05) is 34.6 Å². The van der Waals surface area contributed by atoms with Crippen LogP contribution in [0.1, 0.15) is 73.1 Å². The second-order valence-electron chi connectivity index (χ2n) is 10.6. The Morgan fingerprint density at radius 3 is 2.39 bits per heavy atom. The summed E-state index contributed by atoms with van der Waals surface area (Å²) in [7, 11) is -5.95. The second kappa shape index (κ2) is 7.09. The van der Waals surface area contributed by atoms with Crippen LogP contribution >= 0.6 is 10.3 Å². The van der Waals surface area contributed by atoms with Crippen LogP contribution in [0.5, 0.6) is 0 Å². The number of carbonyl (C=O) groups is 2. The monoisotopic (exact) mass is 432 g/mol. The van der Waals surface area contributed by atoms with Gasteiger partial charge in [-0.2, -0.15) is 8.42 Å². The zero-order valence-electron chi connectivity index (χ0n) is 18.0. The molecule has 7 heteroatoms. The number of hydrogen-bond acceptors (Lipinski definition) is 5. The SMILES string of the molecule is CCC(=O)CS1(OS(=O)(=O)CC23CCC(CC2=O)C3(C)C)CCCC(C)(C)C1. The van der Waals surface area contributed by atoms with Gasteiger partial charge in [0.15, 0.2) is 0 Å². The molecule has 1 aliphatic heterocycles. The average Bonchev–Trinajstić information content (AvgIpc) is 2.86. The average molecular weight is 433 g/mol. The third-order valence-electron chi connectivity index (χ3n) is 7.65. The van der Waals surface area contributed by atoms with E-state index in [4.69, 9.17) is 3.63 Å². The van der Waals surface area contributed by atoms with Crippen molar-refractivity contribution in [1.29, 1.82) is 0 Å². The fourth-order valence-corrected chi connectivity index (χ4v) is 13.2. The lowest BCUT2D eigenvalue weighted by atomic mass is 9.70. The van der Waals surface area contributed by atoms with Gasteiger partial charge in [0.2, 0.25) is 0 Å². The molecule has 0 N–H and O–H groups in total. The summed E-state index contributed by atoms with van der Waals surface area (Å²) in [6.07, 6.45) is 4.33. The summed E-state index contributed by atoms with van der Waals surface area (Å²) in [5.41, 5.74) is -1.17. The smallest absolute Gasteiger partial charge is 0.277 e. The molecule has 0 aromatic heterocycles. The van der Waals surface area contributed by atoms with Gasteiger partial charge in [0.05, 0.1) is 16.9 Å². The highest BCUT2D eigenvalue weighted by Gasteiger charge is 2.65. The molecule has 162 valence electrons. The Morgan fingerprint density at radius 2 is 1.89 bits per heavy atom. The molecule has 2 saturated carbocycles. The van der Waals surface area contributed by atoms with Gasteiger partial charge in [-0.25, -0.2) is 3.63 Å².